The number of imide groups is 1. The average molecular weight is 162 g/mol. The molecule has 1 atom stereocenters. The van der Waals surface area contributed by atoms with Crippen molar-refractivity contribution in [2.45, 2.75) is 13.0 Å². The SMILES string of the molecule is CC(O)C(=O)N(CO)C(N)=O. The Morgan fingerprint density at radius 1 is 1.64 bits per heavy atom. The molecule has 4 N–H and O–H groups in total. The van der Waals surface area contributed by atoms with E-state index in [-0.39, 0.29) is 0 Å². The van der Waals surface area contributed by atoms with Crippen molar-refractivity contribution in [3.8, 4) is 0 Å². The monoisotopic (exact) mass is 162 g/mol. The average Bonchev–Trinajstić information content (AvgIpc) is 1.88. The van der Waals surface area contributed by atoms with Crippen LogP contribution in [0, 0.1) is 0 Å². The van der Waals surface area contributed by atoms with Gasteiger partial charge in [0.1, 0.15) is 12.8 Å². The standard InChI is InChI=1S/C5H10N2O4/c1-3(9)4(10)7(2-8)5(6)11/h3,8-9H,2H2,1H3,(H2,6,11). The molecule has 64 valence electrons. The summed E-state index contributed by atoms with van der Waals surface area (Å²) >= 11 is 0. The first-order chi connectivity index (χ1) is 5.00. The first kappa shape index (κ1) is 9.86. The van der Waals surface area contributed by atoms with E-state index in [0.29, 0.717) is 4.90 Å². The van der Waals surface area contributed by atoms with Crippen LogP contribution in [0.25, 0.3) is 0 Å². The maximum absolute atomic E-state index is 10.7. The number of hydrogen-bond acceptors (Lipinski definition) is 4. The lowest BCUT2D eigenvalue weighted by Crippen LogP contribution is -2.45. The zero-order valence-corrected chi connectivity index (χ0v) is 6.02. The molecule has 0 heterocycles. The molecule has 0 aromatic carbocycles. The van der Waals surface area contributed by atoms with Crippen LogP contribution in [-0.4, -0.2) is 39.9 Å². The topological polar surface area (TPSA) is 104 Å². The third kappa shape index (κ3) is 2.52. The van der Waals surface area contributed by atoms with E-state index in [1.165, 1.54) is 6.92 Å². The van der Waals surface area contributed by atoms with Crippen LogP contribution in [0.3, 0.4) is 0 Å². The molecule has 0 aliphatic carbocycles. The van der Waals surface area contributed by atoms with E-state index in [2.05, 4.69) is 5.73 Å². The second-order valence-corrected chi connectivity index (χ2v) is 1.92. The zero-order valence-electron chi connectivity index (χ0n) is 6.02. The Kier molecular flexibility index (Phi) is 3.49. The van der Waals surface area contributed by atoms with E-state index in [1.54, 1.807) is 0 Å². The first-order valence-electron chi connectivity index (χ1n) is 2.90. The first-order valence-corrected chi connectivity index (χ1v) is 2.90. The lowest BCUT2D eigenvalue weighted by molar-refractivity contribution is -0.138. The smallest absolute Gasteiger partial charge is 0.323 e. The number of amides is 3. The molecule has 0 radical (unpaired) electrons. The van der Waals surface area contributed by atoms with Crippen LogP contribution in [0.5, 0.6) is 0 Å². The van der Waals surface area contributed by atoms with Crippen molar-refractivity contribution in [1.29, 1.82) is 0 Å². The molecular weight excluding hydrogens is 152 g/mol. The molecular formula is C5H10N2O4. The zero-order chi connectivity index (χ0) is 9.02. The molecule has 6 nitrogen and oxygen atoms in total. The third-order valence-electron chi connectivity index (χ3n) is 1.03. The van der Waals surface area contributed by atoms with Crippen LogP contribution in [0.4, 0.5) is 4.79 Å². The summed E-state index contributed by atoms with van der Waals surface area (Å²) in [6, 6.07) is -1.08. The summed E-state index contributed by atoms with van der Waals surface area (Å²) in [5.74, 6) is -0.917. The maximum atomic E-state index is 10.7. The van der Waals surface area contributed by atoms with E-state index in [1.807, 2.05) is 0 Å². The van der Waals surface area contributed by atoms with E-state index in [9.17, 15) is 9.59 Å². The number of primary amides is 1. The van der Waals surface area contributed by atoms with Crippen LogP contribution < -0.4 is 5.73 Å². The Morgan fingerprint density at radius 2 is 2.09 bits per heavy atom. The van der Waals surface area contributed by atoms with Crippen LogP contribution in [0.15, 0.2) is 0 Å². The van der Waals surface area contributed by atoms with E-state index >= 15 is 0 Å². The van der Waals surface area contributed by atoms with Gasteiger partial charge in [-0.1, -0.05) is 0 Å². The number of nitrogens with zero attached hydrogens (tertiary/aromatic N) is 1. The normalized spacial score (nSPS) is 12.3. The molecule has 0 saturated heterocycles. The van der Waals surface area contributed by atoms with Gasteiger partial charge in [0.25, 0.3) is 5.91 Å². The quantitative estimate of drug-likeness (QED) is 0.418. The van der Waals surface area contributed by atoms with Crippen molar-refractivity contribution in [2.75, 3.05) is 6.73 Å². The number of carbonyl (C=O) groups excluding carboxylic acids is 2. The van der Waals surface area contributed by atoms with Crippen molar-refractivity contribution >= 4 is 11.9 Å². The number of aliphatic hydroxyl groups is 2. The van der Waals surface area contributed by atoms with Gasteiger partial charge in [-0.25, -0.2) is 9.69 Å². The van der Waals surface area contributed by atoms with Crippen molar-refractivity contribution in [3.63, 3.8) is 0 Å². The molecule has 0 bridgehead atoms. The van der Waals surface area contributed by atoms with Crippen molar-refractivity contribution in [3.05, 3.63) is 0 Å². The Bertz CT molecular complexity index is 168. The van der Waals surface area contributed by atoms with Gasteiger partial charge in [-0.3, -0.25) is 4.79 Å². The fourth-order valence-electron chi connectivity index (χ4n) is 0.474. The molecule has 1 unspecified atom stereocenters. The minimum atomic E-state index is -1.34. The second-order valence-electron chi connectivity index (χ2n) is 1.92. The number of urea groups is 1. The molecule has 0 aromatic heterocycles. The molecule has 0 spiro atoms. The Labute approximate surface area is 63.2 Å². The second kappa shape index (κ2) is 3.89. The highest BCUT2D eigenvalue weighted by Crippen LogP contribution is 1.92. The maximum Gasteiger partial charge on any atom is 0.323 e. The van der Waals surface area contributed by atoms with Gasteiger partial charge in [0.2, 0.25) is 0 Å². The van der Waals surface area contributed by atoms with Gasteiger partial charge in [-0.2, -0.15) is 0 Å². The molecule has 0 fully saturated rings. The molecule has 0 rings (SSSR count). The fraction of sp³-hybridized carbons (Fsp3) is 0.600. The van der Waals surface area contributed by atoms with Gasteiger partial charge in [-0.15, -0.1) is 0 Å². The van der Waals surface area contributed by atoms with Gasteiger partial charge in [0.15, 0.2) is 0 Å². The molecule has 3 amide bonds. The van der Waals surface area contributed by atoms with Crippen molar-refractivity contribution in [1.82, 2.24) is 4.90 Å². The molecule has 0 aliphatic rings. The van der Waals surface area contributed by atoms with Gasteiger partial charge in [0.05, 0.1) is 0 Å². The Morgan fingerprint density at radius 3 is 2.18 bits per heavy atom. The lowest BCUT2D eigenvalue weighted by Gasteiger charge is -2.16. The number of nitrogens with two attached hydrogens (primary N) is 1. The highest BCUT2D eigenvalue weighted by molar-refractivity contribution is 5.95. The number of rotatable bonds is 2. The van der Waals surface area contributed by atoms with Gasteiger partial charge in [0, 0.05) is 0 Å². The lowest BCUT2D eigenvalue weighted by atomic mass is 10.3. The summed E-state index contributed by atoms with van der Waals surface area (Å²) in [4.78, 5) is 21.4. The summed E-state index contributed by atoms with van der Waals surface area (Å²) in [6.45, 7) is 0.354. The summed E-state index contributed by atoms with van der Waals surface area (Å²) in [5.41, 5.74) is 4.68. The fourth-order valence-corrected chi connectivity index (χ4v) is 0.474. The summed E-state index contributed by atoms with van der Waals surface area (Å²) in [5, 5.41) is 17.1. The molecule has 6 heteroatoms. The third-order valence-corrected chi connectivity index (χ3v) is 1.03. The predicted octanol–water partition coefficient (Wildman–Crippen LogP) is -1.78. The summed E-state index contributed by atoms with van der Waals surface area (Å²) in [7, 11) is 0. The van der Waals surface area contributed by atoms with Crippen LogP contribution in [0.1, 0.15) is 6.92 Å². The predicted molar refractivity (Wildman–Crippen MR) is 35.2 cm³/mol. The highest BCUT2D eigenvalue weighted by Gasteiger charge is 2.21. The number of carbonyl (C=O) groups is 2. The van der Waals surface area contributed by atoms with Gasteiger partial charge >= 0.3 is 6.03 Å². The van der Waals surface area contributed by atoms with E-state index in [0.717, 1.165) is 0 Å². The van der Waals surface area contributed by atoms with Gasteiger partial charge < -0.3 is 15.9 Å². The molecule has 0 aliphatic heterocycles. The number of aliphatic hydroxyl groups excluding tert-OH is 2. The van der Waals surface area contributed by atoms with Crippen molar-refractivity contribution < 1.29 is 19.8 Å². The minimum absolute atomic E-state index is 0.338. The molecule has 0 aromatic rings. The van der Waals surface area contributed by atoms with Crippen molar-refractivity contribution in [2.24, 2.45) is 5.73 Å². The summed E-state index contributed by atoms with van der Waals surface area (Å²) < 4.78 is 0. The minimum Gasteiger partial charge on any atom is -0.384 e. The van der Waals surface area contributed by atoms with E-state index < -0.39 is 24.8 Å². The summed E-state index contributed by atoms with van der Waals surface area (Å²) in [6.07, 6.45) is -1.34. The van der Waals surface area contributed by atoms with Crippen LogP contribution in [0.2, 0.25) is 0 Å². The van der Waals surface area contributed by atoms with E-state index in [4.69, 9.17) is 10.2 Å². The highest BCUT2D eigenvalue weighted by atomic mass is 16.3. The largest absolute Gasteiger partial charge is 0.384 e. The van der Waals surface area contributed by atoms with Crippen LogP contribution in [-0.2, 0) is 4.79 Å². The van der Waals surface area contributed by atoms with Gasteiger partial charge in [-0.05, 0) is 6.92 Å². The molecule has 0 saturated carbocycles. The number of hydrogen-bond donors (Lipinski definition) is 3. The Balaban J connectivity index is 4.27. The molecule has 11 heavy (non-hydrogen) atoms. The van der Waals surface area contributed by atoms with Crippen LogP contribution >= 0.6 is 0 Å². The Hall–Kier alpha value is -1.14.